The van der Waals surface area contributed by atoms with Gasteiger partial charge >= 0.3 is 5.97 Å². The topological polar surface area (TPSA) is 76.0 Å². The van der Waals surface area contributed by atoms with Gasteiger partial charge in [0.1, 0.15) is 5.76 Å². The van der Waals surface area contributed by atoms with Crippen molar-refractivity contribution in [2.45, 2.75) is 52.4 Å². The molecule has 2 aliphatic rings. The second-order valence-corrected chi connectivity index (χ2v) is 8.96. The van der Waals surface area contributed by atoms with Crippen molar-refractivity contribution >= 4 is 11.5 Å². The zero-order valence-electron chi connectivity index (χ0n) is 21.5. The number of rotatable bonds is 11. The number of ether oxygens (including phenoxy) is 2. The predicted octanol–water partition coefficient (Wildman–Crippen LogP) is 6.10. The minimum absolute atomic E-state index is 0.0461. The molecule has 0 saturated heterocycles. The van der Waals surface area contributed by atoms with Gasteiger partial charge in [-0.15, -0.1) is 0 Å². The monoisotopic (exact) mass is 482 g/mol. The fourth-order valence-corrected chi connectivity index (χ4v) is 4.78. The van der Waals surface area contributed by atoms with E-state index >= 15 is 0 Å². The molecule has 0 radical (unpaired) electrons. The third-order valence-corrected chi connectivity index (χ3v) is 6.68. The third kappa shape index (κ3) is 9.15. The van der Waals surface area contributed by atoms with Gasteiger partial charge in [-0.1, -0.05) is 43.4 Å². The van der Waals surface area contributed by atoms with Crippen LogP contribution in [0.2, 0.25) is 0 Å². The van der Waals surface area contributed by atoms with Gasteiger partial charge in [0.2, 0.25) is 0 Å². The highest BCUT2D eigenvalue weighted by Gasteiger charge is 2.30. The molecule has 0 amide bonds. The predicted molar refractivity (Wildman–Crippen MR) is 142 cm³/mol. The molecule has 1 aromatic carbocycles. The summed E-state index contributed by atoms with van der Waals surface area (Å²) in [5.74, 6) is 2.43. The smallest absolute Gasteiger partial charge is 0.338 e. The van der Waals surface area contributed by atoms with Crippen LogP contribution in [-0.4, -0.2) is 43.1 Å². The zero-order chi connectivity index (χ0) is 25.5. The van der Waals surface area contributed by atoms with E-state index in [2.05, 4.69) is 43.4 Å². The molecule has 3 atom stereocenters. The summed E-state index contributed by atoms with van der Waals surface area (Å²) in [7, 11) is 1.00. The number of hydrogen-bond acceptors (Lipinski definition) is 5. The summed E-state index contributed by atoms with van der Waals surface area (Å²) < 4.78 is 10.9. The molecule has 0 spiro atoms. The van der Waals surface area contributed by atoms with Gasteiger partial charge < -0.3 is 19.7 Å². The van der Waals surface area contributed by atoms with Crippen LogP contribution < -0.4 is 0 Å². The van der Waals surface area contributed by atoms with Gasteiger partial charge in [-0.2, -0.15) is 0 Å². The van der Waals surface area contributed by atoms with Gasteiger partial charge in [0.25, 0.3) is 0 Å². The molecule has 0 aromatic heterocycles. The fraction of sp³-hybridized carbons (Fsp3) is 0.500. The SMILES string of the molecule is CCOC(=O)c1cccc(/C(=C/C[C@H]2C(C)CC[C@@H]2/C=C/CCOC2=CCCC=C2)CO)c1.CO. The van der Waals surface area contributed by atoms with E-state index in [1.54, 1.807) is 13.0 Å². The van der Waals surface area contributed by atoms with Crippen LogP contribution in [0.15, 0.2) is 66.5 Å². The van der Waals surface area contributed by atoms with Gasteiger partial charge in [0.15, 0.2) is 0 Å². The maximum atomic E-state index is 12.1. The average Bonchev–Trinajstić information content (AvgIpc) is 3.25. The van der Waals surface area contributed by atoms with E-state index < -0.39 is 0 Å². The molecule has 5 nitrogen and oxygen atoms in total. The first-order valence-electron chi connectivity index (χ1n) is 12.8. The molecule has 0 heterocycles. The summed E-state index contributed by atoms with van der Waals surface area (Å²) in [6.07, 6.45) is 19.6. The summed E-state index contributed by atoms with van der Waals surface area (Å²) in [6.45, 7) is 5.15. The van der Waals surface area contributed by atoms with E-state index in [0.717, 1.165) is 49.7 Å². The summed E-state index contributed by atoms with van der Waals surface area (Å²) in [4.78, 5) is 12.1. The lowest BCUT2D eigenvalue weighted by molar-refractivity contribution is 0.0526. The first-order chi connectivity index (χ1) is 17.1. The van der Waals surface area contributed by atoms with Gasteiger partial charge in [-0.05, 0) is 98.6 Å². The Morgan fingerprint density at radius 1 is 1.17 bits per heavy atom. The highest BCUT2D eigenvalue weighted by atomic mass is 16.5. The van der Waals surface area contributed by atoms with Crippen molar-refractivity contribution in [3.8, 4) is 0 Å². The second kappa shape index (κ2) is 16.1. The minimum atomic E-state index is -0.328. The van der Waals surface area contributed by atoms with Gasteiger partial charge in [-0.3, -0.25) is 0 Å². The molecule has 5 heteroatoms. The van der Waals surface area contributed by atoms with Crippen LogP contribution in [0.25, 0.3) is 5.57 Å². The lowest BCUT2D eigenvalue weighted by atomic mass is 9.86. The van der Waals surface area contributed by atoms with Crippen LogP contribution in [-0.2, 0) is 9.47 Å². The van der Waals surface area contributed by atoms with Crippen molar-refractivity contribution in [2.75, 3.05) is 26.9 Å². The molecule has 1 unspecified atom stereocenters. The fourth-order valence-electron chi connectivity index (χ4n) is 4.78. The number of esters is 1. The van der Waals surface area contributed by atoms with E-state index in [-0.39, 0.29) is 12.6 Å². The highest BCUT2D eigenvalue weighted by molar-refractivity contribution is 5.90. The summed E-state index contributed by atoms with van der Waals surface area (Å²) in [5, 5.41) is 17.0. The highest BCUT2D eigenvalue weighted by Crippen LogP contribution is 2.40. The molecule has 1 fully saturated rings. The van der Waals surface area contributed by atoms with E-state index in [1.165, 1.54) is 12.8 Å². The first kappa shape index (κ1) is 28.6. The molecule has 0 bridgehead atoms. The summed E-state index contributed by atoms with van der Waals surface area (Å²) in [5.41, 5.74) is 2.26. The Hall–Kier alpha value is -2.63. The van der Waals surface area contributed by atoms with Crippen molar-refractivity contribution < 1.29 is 24.5 Å². The largest absolute Gasteiger partial charge is 0.494 e. The Morgan fingerprint density at radius 2 is 1.97 bits per heavy atom. The van der Waals surface area contributed by atoms with Crippen LogP contribution in [0.3, 0.4) is 0 Å². The maximum Gasteiger partial charge on any atom is 0.338 e. The lowest BCUT2D eigenvalue weighted by Gasteiger charge is -2.20. The Labute approximate surface area is 210 Å². The van der Waals surface area contributed by atoms with E-state index in [9.17, 15) is 9.90 Å². The number of benzene rings is 1. The normalized spacial score (nSPS) is 21.9. The Kier molecular flexibility index (Phi) is 13.2. The van der Waals surface area contributed by atoms with Crippen molar-refractivity contribution in [2.24, 2.45) is 17.8 Å². The number of aliphatic hydroxyl groups excluding tert-OH is 2. The summed E-state index contributed by atoms with van der Waals surface area (Å²) >= 11 is 0. The van der Waals surface area contributed by atoms with Crippen LogP contribution in [0.5, 0.6) is 0 Å². The average molecular weight is 483 g/mol. The van der Waals surface area contributed by atoms with Crippen molar-refractivity contribution in [3.05, 3.63) is 77.6 Å². The van der Waals surface area contributed by atoms with Crippen molar-refractivity contribution in [1.82, 2.24) is 0 Å². The number of aliphatic hydroxyl groups is 2. The number of carbonyl (C=O) groups is 1. The van der Waals surface area contributed by atoms with Gasteiger partial charge in [0, 0.05) is 7.11 Å². The molecule has 0 aliphatic heterocycles. The van der Waals surface area contributed by atoms with Crippen LogP contribution in [0, 0.1) is 17.8 Å². The Morgan fingerprint density at radius 3 is 2.69 bits per heavy atom. The second-order valence-electron chi connectivity index (χ2n) is 8.96. The number of hydrogen-bond donors (Lipinski definition) is 2. The zero-order valence-corrected chi connectivity index (χ0v) is 21.5. The van der Waals surface area contributed by atoms with Crippen LogP contribution >= 0.6 is 0 Å². The maximum absolute atomic E-state index is 12.1. The van der Waals surface area contributed by atoms with E-state index in [1.807, 2.05) is 18.2 Å². The minimum Gasteiger partial charge on any atom is -0.494 e. The molecule has 2 aliphatic carbocycles. The molecular weight excluding hydrogens is 440 g/mol. The van der Waals surface area contributed by atoms with Crippen LogP contribution in [0.4, 0.5) is 0 Å². The molecular formula is C30H42O5. The molecule has 2 N–H and O–H groups in total. The quantitative estimate of drug-likeness (QED) is 0.227. The number of carbonyl (C=O) groups excluding carboxylic acids is 1. The van der Waals surface area contributed by atoms with E-state index in [4.69, 9.17) is 14.6 Å². The van der Waals surface area contributed by atoms with Crippen molar-refractivity contribution in [1.29, 1.82) is 0 Å². The van der Waals surface area contributed by atoms with Gasteiger partial charge in [0.05, 0.1) is 25.4 Å². The lowest BCUT2D eigenvalue weighted by Crippen LogP contribution is -2.11. The molecule has 3 rings (SSSR count). The van der Waals surface area contributed by atoms with E-state index in [0.29, 0.717) is 36.5 Å². The first-order valence-corrected chi connectivity index (χ1v) is 12.8. The van der Waals surface area contributed by atoms with Crippen LogP contribution in [0.1, 0.15) is 68.3 Å². The van der Waals surface area contributed by atoms with Gasteiger partial charge in [-0.25, -0.2) is 4.79 Å². The molecule has 35 heavy (non-hydrogen) atoms. The molecule has 1 aromatic rings. The summed E-state index contributed by atoms with van der Waals surface area (Å²) in [6, 6.07) is 7.35. The van der Waals surface area contributed by atoms with Crippen molar-refractivity contribution in [3.63, 3.8) is 0 Å². The Bertz CT molecular complexity index is 896. The standard InChI is InChI=1S/C29H38O4.CH4O/c1-3-32-29(31)25-12-9-11-24(20-25)26(21-30)17-18-28-22(2)15-16-23(28)10-7-8-19-33-27-13-5-4-6-14-27;1-2/h5,7,9-14,17,20,22-23,28,30H,3-4,6,8,15-16,18-19,21H2,1-2H3;2H,1H3/b10-7+,26-17+;/t22?,23-,28-;/m0./s1. The third-order valence-electron chi connectivity index (χ3n) is 6.68. The Balaban J connectivity index is 0.00000210. The number of allylic oxidation sites excluding steroid dienone is 5. The molecule has 1 saturated carbocycles. The molecule has 192 valence electrons.